The van der Waals surface area contributed by atoms with E-state index >= 15 is 4.79 Å². The molecule has 0 aromatic heterocycles. The van der Waals surface area contributed by atoms with Crippen molar-refractivity contribution in [3.05, 3.63) is 151 Å². The van der Waals surface area contributed by atoms with Gasteiger partial charge in [-0.05, 0) is 114 Å². The maximum absolute atomic E-state index is 15.3. The zero-order valence-electron chi connectivity index (χ0n) is 44.7. The van der Waals surface area contributed by atoms with E-state index in [1.54, 1.807) is 6.08 Å². The Labute approximate surface area is 446 Å². The summed E-state index contributed by atoms with van der Waals surface area (Å²) in [6, 6.07) is 38.4. The molecule has 5 aromatic rings. The highest BCUT2D eigenvalue weighted by molar-refractivity contribution is 6.03. The Kier molecular flexibility index (Phi) is 20.8. The highest BCUT2D eigenvalue weighted by atomic mass is 16.7. The average Bonchev–Trinajstić information content (AvgIpc) is 3.48. The number of hydrogen-bond donors (Lipinski definition) is 2. The maximum atomic E-state index is 15.3. The van der Waals surface area contributed by atoms with Crippen LogP contribution in [0.5, 0.6) is 17.2 Å². The van der Waals surface area contributed by atoms with E-state index in [1.807, 2.05) is 72.5 Å². The summed E-state index contributed by atoms with van der Waals surface area (Å²) in [5.74, 6) is 0.0726. The lowest BCUT2D eigenvalue weighted by molar-refractivity contribution is -0.256. The fourth-order valence-electron chi connectivity index (χ4n) is 12.1. The summed E-state index contributed by atoms with van der Waals surface area (Å²) >= 11 is 0. The van der Waals surface area contributed by atoms with Crippen LogP contribution >= 0.6 is 0 Å². The number of unbranched alkanes of at least 4 members (excludes halogenated alkanes) is 11. The molecule has 400 valence electrons. The highest BCUT2D eigenvalue weighted by Gasteiger charge is 2.65. The van der Waals surface area contributed by atoms with Gasteiger partial charge in [0.1, 0.15) is 29.9 Å². The number of aliphatic hydroxyl groups is 2. The molecule has 5 aromatic carbocycles. The van der Waals surface area contributed by atoms with Gasteiger partial charge in [0.05, 0.1) is 31.4 Å². The zero-order chi connectivity index (χ0) is 52.2. The molecular weight excluding hydrogens is 937 g/mol. The number of rotatable bonds is 30. The van der Waals surface area contributed by atoms with Crippen molar-refractivity contribution in [1.29, 1.82) is 0 Å². The van der Waals surface area contributed by atoms with Gasteiger partial charge >= 0.3 is 6.09 Å². The molecule has 2 aliphatic carbocycles. The van der Waals surface area contributed by atoms with Gasteiger partial charge in [0.25, 0.3) is 0 Å². The lowest BCUT2D eigenvalue weighted by Gasteiger charge is -2.59. The molecule has 6 atom stereocenters. The first kappa shape index (κ1) is 55.3. The second-order valence-corrected chi connectivity index (χ2v) is 20.7. The summed E-state index contributed by atoms with van der Waals surface area (Å²) in [7, 11) is 0. The Morgan fingerprint density at radius 3 is 2.17 bits per heavy atom. The average molecular weight is 1020 g/mol. The van der Waals surface area contributed by atoms with Crippen LogP contribution in [0.15, 0.2) is 145 Å². The Morgan fingerprint density at radius 2 is 1.44 bits per heavy atom. The number of aliphatic hydroxyl groups excluding tert-OH is 2. The molecule has 10 heteroatoms. The lowest BCUT2D eigenvalue weighted by Crippen LogP contribution is -2.70. The molecule has 0 bridgehead atoms. The van der Waals surface area contributed by atoms with Crippen LogP contribution in [0.2, 0.25) is 0 Å². The molecule has 1 fully saturated rings. The molecular formula is C65H82N2O8. The van der Waals surface area contributed by atoms with Crippen molar-refractivity contribution in [2.75, 3.05) is 33.0 Å². The van der Waals surface area contributed by atoms with E-state index in [-0.39, 0.29) is 50.5 Å². The van der Waals surface area contributed by atoms with Crippen molar-refractivity contribution in [3.63, 3.8) is 0 Å². The van der Waals surface area contributed by atoms with Crippen LogP contribution in [0.25, 0.3) is 21.9 Å². The van der Waals surface area contributed by atoms with E-state index in [4.69, 9.17) is 28.9 Å². The first-order chi connectivity index (χ1) is 36.9. The van der Waals surface area contributed by atoms with E-state index in [2.05, 4.69) is 74.2 Å². The SMILES string of the molecule is C=CCO[C@@]12Oc3ccc(Oc4ccc(-c5ccccc5)cc4)cc3[C@H]3[C@H](CCCCO)[C@@H](CCCCO)C=C(C(=NOCC)C[C@@H]1N(Cc1cccc4ccccc14)C(=O)OCCCCCCCCCCCC)[C@H]32. The monoisotopic (exact) mass is 1020 g/mol. The zero-order valence-corrected chi connectivity index (χ0v) is 44.7. The van der Waals surface area contributed by atoms with Gasteiger partial charge in [-0.3, -0.25) is 4.90 Å². The number of hydrogen-bond acceptors (Lipinski definition) is 9. The van der Waals surface area contributed by atoms with E-state index in [9.17, 15) is 10.2 Å². The molecule has 0 spiro atoms. The first-order valence-electron chi connectivity index (χ1n) is 28.4. The Balaban J connectivity index is 1.22. The van der Waals surface area contributed by atoms with Crippen molar-refractivity contribution in [2.24, 2.45) is 22.9 Å². The molecule has 8 rings (SSSR count). The van der Waals surface area contributed by atoms with E-state index in [0.717, 1.165) is 89.3 Å². The summed E-state index contributed by atoms with van der Waals surface area (Å²) in [6.45, 7) is 9.60. The largest absolute Gasteiger partial charge is 0.459 e. The summed E-state index contributed by atoms with van der Waals surface area (Å²) in [6.07, 6.45) is 20.4. The van der Waals surface area contributed by atoms with Crippen molar-refractivity contribution in [1.82, 2.24) is 4.90 Å². The molecule has 10 nitrogen and oxygen atoms in total. The summed E-state index contributed by atoms with van der Waals surface area (Å²) in [5, 5.41) is 27.3. The van der Waals surface area contributed by atoms with Gasteiger partial charge in [-0.2, -0.15) is 0 Å². The fraction of sp³-hybridized carbons (Fsp3) is 0.477. The molecule has 75 heavy (non-hydrogen) atoms. The van der Waals surface area contributed by atoms with Gasteiger partial charge in [-0.15, -0.1) is 6.58 Å². The van der Waals surface area contributed by atoms with E-state index < -0.39 is 23.8 Å². The number of carbonyl (C=O) groups excluding carboxylic acids is 1. The lowest BCUT2D eigenvalue weighted by atomic mass is 9.55. The Hall–Kier alpha value is -5.94. The topological polar surface area (TPSA) is 119 Å². The molecule has 0 saturated heterocycles. The molecule has 0 unspecified atom stereocenters. The third kappa shape index (κ3) is 13.7. The summed E-state index contributed by atoms with van der Waals surface area (Å²) in [5.41, 5.74) is 5.94. The number of benzene rings is 5. The van der Waals surface area contributed by atoms with Crippen molar-refractivity contribution >= 4 is 22.6 Å². The Morgan fingerprint density at radius 1 is 0.760 bits per heavy atom. The van der Waals surface area contributed by atoms with Crippen molar-refractivity contribution < 1.29 is 38.8 Å². The Bertz CT molecular complexity index is 2630. The minimum atomic E-state index is -1.44. The predicted molar refractivity (Wildman–Crippen MR) is 301 cm³/mol. The molecule has 1 aliphatic heterocycles. The molecule has 2 N–H and O–H groups in total. The number of fused-ring (bicyclic) bond motifs is 3. The van der Waals surface area contributed by atoms with Gasteiger partial charge in [0, 0.05) is 31.1 Å². The van der Waals surface area contributed by atoms with Crippen LogP contribution in [-0.2, 0) is 20.9 Å². The van der Waals surface area contributed by atoms with Crippen molar-refractivity contribution in [2.45, 2.75) is 147 Å². The summed E-state index contributed by atoms with van der Waals surface area (Å²) in [4.78, 5) is 23.2. The van der Waals surface area contributed by atoms with Gasteiger partial charge in [-0.1, -0.05) is 180 Å². The second kappa shape index (κ2) is 28.3. The molecule has 3 aliphatic rings. The number of nitrogens with zero attached hydrogens (tertiary/aromatic N) is 2. The van der Waals surface area contributed by atoms with E-state index in [0.29, 0.717) is 43.3 Å². The number of oxime groups is 1. The normalized spacial score (nSPS) is 21.1. The van der Waals surface area contributed by atoms with Crippen LogP contribution < -0.4 is 9.47 Å². The van der Waals surface area contributed by atoms with E-state index in [1.165, 1.54) is 44.9 Å². The molecule has 0 radical (unpaired) electrons. The van der Waals surface area contributed by atoms with Gasteiger partial charge in [-0.25, -0.2) is 4.79 Å². The smallest absolute Gasteiger partial charge is 0.410 e. The van der Waals surface area contributed by atoms with Crippen LogP contribution in [0.4, 0.5) is 4.79 Å². The highest BCUT2D eigenvalue weighted by Crippen LogP contribution is 2.62. The van der Waals surface area contributed by atoms with Crippen LogP contribution in [0, 0.1) is 17.8 Å². The first-order valence-corrected chi connectivity index (χ1v) is 28.4. The molecule has 1 amide bonds. The third-order valence-corrected chi connectivity index (χ3v) is 15.7. The predicted octanol–water partition coefficient (Wildman–Crippen LogP) is 15.5. The van der Waals surface area contributed by atoms with Crippen LogP contribution in [0.3, 0.4) is 0 Å². The van der Waals surface area contributed by atoms with Crippen LogP contribution in [0.1, 0.15) is 140 Å². The van der Waals surface area contributed by atoms with Gasteiger partial charge in [0.15, 0.2) is 0 Å². The third-order valence-electron chi connectivity index (χ3n) is 15.7. The fourth-order valence-corrected chi connectivity index (χ4v) is 12.1. The van der Waals surface area contributed by atoms with Gasteiger partial charge in [0.2, 0.25) is 5.79 Å². The van der Waals surface area contributed by atoms with Crippen LogP contribution in [-0.4, -0.2) is 71.8 Å². The summed E-state index contributed by atoms with van der Waals surface area (Å²) < 4.78 is 28.0. The minimum absolute atomic E-state index is 0.0562. The number of carbonyl (C=O) groups is 1. The van der Waals surface area contributed by atoms with Gasteiger partial charge < -0.3 is 34.0 Å². The number of allylic oxidation sites excluding steroid dienone is 1. The molecule has 1 saturated carbocycles. The minimum Gasteiger partial charge on any atom is -0.459 e. The standard InChI is InChI=1S/C65H82N2O8/c1-4-7-8-9-10-11-12-13-14-24-43-71-64(70)67(47-52-31-25-30-50-28-18-19-32-55(50)52)61-46-59(66-73-6-3)57-44-51(29-20-22-40-68)56(33-21-23-41-69)62-58-45-54(38-39-60(58)75-65(61,63(57)62)72-42-5-2)74-53-36-34-49(35-37-53)48-26-16-15-17-27-48/h5,15-19,25-28,30-32,34-39,44-45,51,56,61-63,68-69H,2,4,6-14,20-24,29,33,40-43,46-47H2,1,3H3/t51-,56+,61-,62+,63+,65+/m0/s1. The number of ether oxygens (including phenoxy) is 4. The maximum Gasteiger partial charge on any atom is 0.410 e. The van der Waals surface area contributed by atoms with Crippen molar-refractivity contribution in [3.8, 4) is 28.4 Å². The number of amides is 1. The quantitative estimate of drug-likeness (QED) is 0.0265. The second-order valence-electron chi connectivity index (χ2n) is 20.7. The molecule has 1 heterocycles.